The molecule has 0 saturated carbocycles. The average Bonchev–Trinajstić information content (AvgIpc) is 3.43. The maximum atomic E-state index is 11.7. The molecule has 0 aliphatic carbocycles. The average molecular weight is 496 g/mol. The van der Waals surface area contributed by atoms with Crippen LogP contribution < -0.4 is 10.2 Å². The minimum atomic E-state index is 0. The zero-order valence-corrected chi connectivity index (χ0v) is 22.8. The van der Waals surface area contributed by atoms with Gasteiger partial charge in [-0.25, -0.2) is 9.97 Å². The topological polar surface area (TPSA) is 103 Å². The fourth-order valence-electron chi connectivity index (χ4n) is 3.64. The van der Waals surface area contributed by atoms with E-state index in [9.17, 15) is 10.2 Å². The summed E-state index contributed by atoms with van der Waals surface area (Å²) in [6.45, 7) is 8.31. The van der Waals surface area contributed by atoms with Crippen LogP contribution in [0.3, 0.4) is 0 Å². The van der Waals surface area contributed by atoms with E-state index in [2.05, 4.69) is 47.6 Å². The summed E-state index contributed by atoms with van der Waals surface area (Å²) < 4.78 is 0. The third-order valence-corrected chi connectivity index (χ3v) is 5.39. The Bertz CT molecular complexity index is 1030. The molecule has 0 spiro atoms. The van der Waals surface area contributed by atoms with Crippen molar-refractivity contribution in [3.05, 3.63) is 71.3 Å². The molecule has 0 saturated heterocycles. The second-order valence-electron chi connectivity index (χ2n) is 7.43. The fraction of sp³-hybridized carbons (Fsp3) is 0.308. The monoisotopic (exact) mass is 494 g/mol. The molecule has 0 radical (unpaired) electrons. The third kappa shape index (κ3) is 6.11. The maximum absolute atomic E-state index is 11.7. The Morgan fingerprint density at radius 1 is 0.606 bits per heavy atom. The molecule has 168 valence electrons. The molecule has 2 aromatic carbocycles. The number of nitrogens with zero attached hydrogens (tertiary/aromatic N) is 2. The minimum absolute atomic E-state index is 0. The molecule has 2 N–H and O–H groups in total. The summed E-state index contributed by atoms with van der Waals surface area (Å²) in [6.07, 6.45) is 3.61. The second-order valence-corrected chi connectivity index (χ2v) is 7.43. The molecule has 2 heterocycles. The van der Waals surface area contributed by atoms with E-state index in [-0.39, 0.29) is 31.0 Å². The zero-order valence-electron chi connectivity index (χ0n) is 19.9. The van der Waals surface area contributed by atoms with Crippen molar-refractivity contribution < 1.29 is 29.7 Å². The Labute approximate surface area is 208 Å². The zero-order chi connectivity index (χ0) is 23.1. The number of nitrogens with one attached hydrogen (secondary N) is 2. The Balaban J connectivity index is 0.000000227. The molecule has 0 atom stereocenters. The van der Waals surface area contributed by atoms with Gasteiger partial charge in [-0.05, 0) is 25.7 Å². The van der Waals surface area contributed by atoms with Crippen molar-refractivity contribution in [2.24, 2.45) is 0 Å². The predicted molar refractivity (Wildman–Crippen MR) is 124 cm³/mol. The van der Waals surface area contributed by atoms with Crippen molar-refractivity contribution in [2.45, 2.75) is 53.4 Å². The Kier molecular flexibility index (Phi) is 9.86. The molecule has 0 bridgehead atoms. The maximum Gasteiger partial charge on any atom is 2.00 e. The van der Waals surface area contributed by atoms with E-state index in [0.29, 0.717) is 22.8 Å². The van der Waals surface area contributed by atoms with E-state index >= 15 is 0 Å². The first-order valence-corrected chi connectivity index (χ1v) is 11.2. The van der Waals surface area contributed by atoms with Gasteiger partial charge in [0.2, 0.25) is 0 Å². The summed E-state index contributed by atoms with van der Waals surface area (Å²) in [4.78, 5) is 15.4. The van der Waals surface area contributed by atoms with Gasteiger partial charge < -0.3 is 20.2 Å². The van der Waals surface area contributed by atoms with E-state index in [1.165, 1.54) is 0 Å². The third-order valence-electron chi connectivity index (χ3n) is 5.39. The predicted octanol–water partition coefficient (Wildman–Crippen LogP) is 4.55. The summed E-state index contributed by atoms with van der Waals surface area (Å²) in [6, 6.07) is 13.9. The van der Waals surface area contributed by atoms with Gasteiger partial charge in [-0.1, -0.05) is 87.7 Å². The first-order chi connectivity index (χ1) is 15.5. The largest absolute Gasteiger partial charge is 2.00 e. The number of imidazole rings is 2. The molecule has 6 nitrogen and oxygen atoms in total. The van der Waals surface area contributed by atoms with Crippen LogP contribution in [-0.4, -0.2) is 19.9 Å². The molecule has 0 aliphatic rings. The van der Waals surface area contributed by atoms with Crippen molar-refractivity contribution in [1.29, 1.82) is 0 Å². The van der Waals surface area contributed by atoms with Crippen molar-refractivity contribution in [3.8, 4) is 34.3 Å². The molecular weight excluding hydrogens is 466 g/mol. The first-order valence-electron chi connectivity index (χ1n) is 11.2. The summed E-state index contributed by atoms with van der Waals surface area (Å²) in [5.74, 6) is 1.42. The number of hydrogen-bond donors (Lipinski definition) is 2. The quantitative estimate of drug-likeness (QED) is 0.383. The van der Waals surface area contributed by atoms with E-state index in [1.54, 1.807) is 36.4 Å². The molecule has 0 aliphatic heterocycles. The van der Waals surface area contributed by atoms with Crippen LogP contribution in [0, 0.1) is 0 Å². The smallest absolute Gasteiger partial charge is 0.872 e. The van der Waals surface area contributed by atoms with Crippen molar-refractivity contribution >= 4 is 0 Å². The van der Waals surface area contributed by atoms with Gasteiger partial charge in [0, 0.05) is 22.5 Å². The van der Waals surface area contributed by atoms with Crippen LogP contribution in [0.4, 0.5) is 0 Å². The van der Waals surface area contributed by atoms with Crippen molar-refractivity contribution in [1.82, 2.24) is 19.9 Å². The number of benzene rings is 2. The Morgan fingerprint density at radius 2 is 0.970 bits per heavy atom. The normalized spacial score (nSPS) is 10.3. The van der Waals surface area contributed by atoms with Crippen LogP contribution in [0.1, 0.15) is 50.5 Å². The molecule has 0 amide bonds. The van der Waals surface area contributed by atoms with Crippen LogP contribution >= 0.6 is 0 Å². The number of hydrogen-bond acceptors (Lipinski definition) is 4. The number of aryl methyl sites for hydroxylation is 4. The summed E-state index contributed by atoms with van der Waals surface area (Å²) in [5.41, 5.74) is 5.66. The second kappa shape index (κ2) is 12.4. The van der Waals surface area contributed by atoms with Crippen molar-refractivity contribution in [2.75, 3.05) is 0 Å². The Morgan fingerprint density at radius 3 is 1.24 bits per heavy atom. The number of aromatic nitrogens is 4. The molecule has 33 heavy (non-hydrogen) atoms. The number of aromatic amines is 2. The summed E-state index contributed by atoms with van der Waals surface area (Å²) in [5, 5.41) is 23.3. The Hall–Kier alpha value is -2.92. The van der Waals surface area contributed by atoms with Gasteiger partial charge in [0.1, 0.15) is 11.6 Å². The summed E-state index contributed by atoms with van der Waals surface area (Å²) >= 11 is 0. The molecule has 4 rings (SSSR count). The molecule has 4 aromatic rings. The number of H-pyrrole nitrogens is 2. The molecule has 0 unspecified atom stereocenters. The first kappa shape index (κ1) is 26.3. The SMILES string of the molecule is CCc1nc(-c2ccccc2[O-])[nH]c1CC.CCc1nc(-c2ccccc2[O-])[nH]c1CC.[Zn+2]. The minimum Gasteiger partial charge on any atom is -0.872 e. The van der Waals surface area contributed by atoms with E-state index in [4.69, 9.17) is 0 Å². The molecule has 0 fully saturated rings. The van der Waals surface area contributed by atoms with Crippen LogP contribution in [0.5, 0.6) is 11.5 Å². The molecule has 7 heteroatoms. The molecular formula is C26H30N4O2Zn. The van der Waals surface area contributed by atoms with E-state index in [0.717, 1.165) is 48.5 Å². The number of para-hydroxylation sites is 2. The van der Waals surface area contributed by atoms with Gasteiger partial charge in [-0.15, -0.1) is 0 Å². The number of rotatable bonds is 6. The van der Waals surface area contributed by atoms with E-state index in [1.807, 2.05) is 12.1 Å². The van der Waals surface area contributed by atoms with Crippen LogP contribution in [-0.2, 0) is 45.2 Å². The van der Waals surface area contributed by atoms with Gasteiger partial charge in [0.15, 0.2) is 0 Å². The van der Waals surface area contributed by atoms with Crippen molar-refractivity contribution in [3.63, 3.8) is 0 Å². The van der Waals surface area contributed by atoms with Crippen LogP contribution in [0.25, 0.3) is 22.8 Å². The standard InChI is InChI=1S/2C13H16N2O.Zn/c2*1-3-10-11(4-2)15-13(14-10)9-7-5-6-8-12(9)16;/h2*5-8,16H,3-4H2,1-2H3,(H,14,15);/q;;+2/p-2. The van der Waals surface area contributed by atoms with E-state index < -0.39 is 0 Å². The summed E-state index contributed by atoms with van der Waals surface area (Å²) in [7, 11) is 0. The van der Waals surface area contributed by atoms with Crippen LogP contribution in [0.2, 0.25) is 0 Å². The van der Waals surface area contributed by atoms with Gasteiger partial charge in [0.05, 0.1) is 11.4 Å². The van der Waals surface area contributed by atoms with Gasteiger partial charge in [-0.3, -0.25) is 0 Å². The van der Waals surface area contributed by atoms with Gasteiger partial charge in [-0.2, -0.15) is 0 Å². The van der Waals surface area contributed by atoms with Crippen LogP contribution in [0.15, 0.2) is 48.5 Å². The fourth-order valence-corrected chi connectivity index (χ4v) is 3.64. The molecule has 2 aromatic heterocycles. The van der Waals surface area contributed by atoms with Gasteiger partial charge in [0.25, 0.3) is 0 Å². The van der Waals surface area contributed by atoms with Gasteiger partial charge >= 0.3 is 19.5 Å².